The Morgan fingerprint density at radius 3 is 2.67 bits per heavy atom. The van der Waals surface area contributed by atoms with Gasteiger partial charge in [-0.2, -0.15) is 0 Å². The molecule has 0 saturated heterocycles. The van der Waals surface area contributed by atoms with Crippen LogP contribution < -0.4 is 16.0 Å². The molecule has 0 aromatic heterocycles. The predicted molar refractivity (Wildman–Crippen MR) is 71.4 cm³/mol. The van der Waals surface area contributed by atoms with Gasteiger partial charge >= 0.3 is 0 Å². The van der Waals surface area contributed by atoms with Crippen LogP contribution in [0.3, 0.4) is 0 Å². The number of nitrogens with zero attached hydrogens (tertiary/aromatic N) is 1. The number of hydrogen-bond acceptors (Lipinski definition) is 3. The van der Waals surface area contributed by atoms with Crippen LogP contribution in [0, 0.1) is 5.82 Å². The van der Waals surface area contributed by atoms with Crippen LogP contribution in [0.5, 0.6) is 0 Å². The summed E-state index contributed by atoms with van der Waals surface area (Å²) >= 11 is 0. The molecule has 0 amide bonds. The molecule has 0 radical (unpaired) electrons. The molecule has 2 aromatic carbocycles. The Balaban J connectivity index is 2.08. The molecule has 18 heavy (non-hydrogen) atoms. The number of para-hydroxylation sites is 1. The standard InChI is InChI=1S/C14H14FN3/c15-10-6-7-13-12(8-10)17-14(9-16)18(13)11-4-2-1-3-5-11/h1-8,14,17H,9,16H2. The van der Waals surface area contributed by atoms with E-state index in [1.165, 1.54) is 12.1 Å². The van der Waals surface area contributed by atoms with Crippen molar-refractivity contribution in [2.24, 2.45) is 5.73 Å². The molecule has 1 heterocycles. The van der Waals surface area contributed by atoms with Crippen LogP contribution in [0.15, 0.2) is 48.5 Å². The van der Waals surface area contributed by atoms with Gasteiger partial charge in [0.15, 0.2) is 0 Å². The largest absolute Gasteiger partial charge is 0.362 e. The maximum atomic E-state index is 13.2. The van der Waals surface area contributed by atoms with Gasteiger partial charge < -0.3 is 16.0 Å². The summed E-state index contributed by atoms with van der Waals surface area (Å²) in [6, 6.07) is 14.7. The molecule has 1 atom stereocenters. The van der Waals surface area contributed by atoms with Crippen molar-refractivity contribution in [3.05, 3.63) is 54.3 Å². The molecule has 0 spiro atoms. The molecule has 3 rings (SSSR count). The highest BCUT2D eigenvalue weighted by Gasteiger charge is 2.28. The first-order valence-electron chi connectivity index (χ1n) is 5.90. The number of nitrogens with two attached hydrogens (primary N) is 1. The highest BCUT2D eigenvalue weighted by atomic mass is 19.1. The van der Waals surface area contributed by atoms with Crippen molar-refractivity contribution in [1.29, 1.82) is 0 Å². The molecule has 4 heteroatoms. The van der Waals surface area contributed by atoms with Crippen molar-refractivity contribution in [3.63, 3.8) is 0 Å². The maximum Gasteiger partial charge on any atom is 0.125 e. The monoisotopic (exact) mass is 243 g/mol. The summed E-state index contributed by atoms with van der Waals surface area (Å²) in [6.07, 6.45) is -0.0378. The van der Waals surface area contributed by atoms with E-state index < -0.39 is 0 Å². The minimum absolute atomic E-state index is 0.0378. The normalized spacial score (nSPS) is 17.4. The van der Waals surface area contributed by atoms with Crippen LogP contribution in [-0.2, 0) is 0 Å². The lowest BCUT2D eigenvalue weighted by Gasteiger charge is -2.25. The second kappa shape index (κ2) is 4.31. The van der Waals surface area contributed by atoms with E-state index in [1.54, 1.807) is 6.07 Å². The molecule has 0 aliphatic carbocycles. The van der Waals surface area contributed by atoms with Crippen molar-refractivity contribution >= 4 is 17.1 Å². The van der Waals surface area contributed by atoms with Crippen LogP contribution in [-0.4, -0.2) is 12.7 Å². The molecule has 3 N–H and O–H groups in total. The van der Waals surface area contributed by atoms with Crippen LogP contribution in [0.2, 0.25) is 0 Å². The smallest absolute Gasteiger partial charge is 0.125 e. The van der Waals surface area contributed by atoms with Crippen LogP contribution in [0.4, 0.5) is 21.5 Å². The summed E-state index contributed by atoms with van der Waals surface area (Å²) in [5.74, 6) is -0.244. The molecule has 1 aliphatic heterocycles. The van der Waals surface area contributed by atoms with Crippen molar-refractivity contribution in [3.8, 4) is 0 Å². The molecule has 1 unspecified atom stereocenters. The number of nitrogens with one attached hydrogen (secondary N) is 1. The average molecular weight is 243 g/mol. The second-order valence-corrected chi connectivity index (χ2v) is 4.26. The second-order valence-electron chi connectivity index (χ2n) is 4.26. The molecule has 2 aromatic rings. The molecule has 0 saturated carbocycles. The minimum Gasteiger partial charge on any atom is -0.362 e. The number of hydrogen-bond donors (Lipinski definition) is 2. The first-order valence-corrected chi connectivity index (χ1v) is 5.90. The predicted octanol–water partition coefficient (Wildman–Crippen LogP) is 2.67. The number of fused-ring (bicyclic) bond motifs is 1. The number of anilines is 3. The summed E-state index contributed by atoms with van der Waals surface area (Å²) in [4.78, 5) is 2.09. The van der Waals surface area contributed by atoms with Crippen molar-refractivity contribution in [2.45, 2.75) is 6.17 Å². The van der Waals surface area contributed by atoms with E-state index in [9.17, 15) is 4.39 Å². The topological polar surface area (TPSA) is 41.3 Å². The summed E-state index contributed by atoms with van der Waals surface area (Å²) in [5, 5.41) is 3.23. The van der Waals surface area contributed by atoms with E-state index in [0.29, 0.717) is 6.54 Å². The fraction of sp³-hybridized carbons (Fsp3) is 0.143. The Kier molecular flexibility index (Phi) is 2.64. The van der Waals surface area contributed by atoms with E-state index in [0.717, 1.165) is 17.1 Å². The van der Waals surface area contributed by atoms with E-state index in [1.807, 2.05) is 30.3 Å². The number of rotatable bonds is 2. The lowest BCUT2D eigenvalue weighted by molar-refractivity contribution is 0.628. The third-order valence-electron chi connectivity index (χ3n) is 3.11. The molecule has 3 nitrogen and oxygen atoms in total. The van der Waals surface area contributed by atoms with Gasteiger partial charge in [-0.25, -0.2) is 4.39 Å². The van der Waals surface area contributed by atoms with Crippen LogP contribution in [0.25, 0.3) is 0 Å². The Morgan fingerprint density at radius 2 is 1.94 bits per heavy atom. The molecule has 92 valence electrons. The van der Waals surface area contributed by atoms with Gasteiger partial charge in [0.25, 0.3) is 0 Å². The minimum atomic E-state index is -0.244. The fourth-order valence-electron chi connectivity index (χ4n) is 2.32. The Hall–Kier alpha value is -2.07. The Morgan fingerprint density at radius 1 is 1.17 bits per heavy atom. The average Bonchev–Trinajstić information content (AvgIpc) is 2.77. The van der Waals surface area contributed by atoms with Crippen LogP contribution in [0.1, 0.15) is 0 Å². The van der Waals surface area contributed by atoms with Gasteiger partial charge in [-0.1, -0.05) is 18.2 Å². The van der Waals surface area contributed by atoms with Gasteiger partial charge in [-0.05, 0) is 30.3 Å². The Bertz CT molecular complexity index is 556. The lowest BCUT2D eigenvalue weighted by Crippen LogP contribution is -2.38. The molecule has 0 bridgehead atoms. The van der Waals surface area contributed by atoms with Gasteiger partial charge in [-0.3, -0.25) is 0 Å². The van der Waals surface area contributed by atoms with Gasteiger partial charge in [0.05, 0.1) is 11.4 Å². The zero-order valence-corrected chi connectivity index (χ0v) is 9.81. The molecule has 1 aliphatic rings. The zero-order chi connectivity index (χ0) is 12.5. The quantitative estimate of drug-likeness (QED) is 0.852. The van der Waals surface area contributed by atoms with Crippen molar-refractivity contribution < 1.29 is 4.39 Å². The van der Waals surface area contributed by atoms with E-state index in [2.05, 4.69) is 10.2 Å². The molecule has 0 fully saturated rings. The van der Waals surface area contributed by atoms with Gasteiger partial charge in [-0.15, -0.1) is 0 Å². The number of benzene rings is 2. The fourth-order valence-corrected chi connectivity index (χ4v) is 2.32. The van der Waals surface area contributed by atoms with E-state index >= 15 is 0 Å². The van der Waals surface area contributed by atoms with Crippen molar-refractivity contribution in [1.82, 2.24) is 0 Å². The first-order chi connectivity index (χ1) is 8.79. The molecular weight excluding hydrogens is 229 g/mol. The third kappa shape index (κ3) is 1.71. The summed E-state index contributed by atoms with van der Waals surface area (Å²) in [5.41, 5.74) is 8.57. The number of halogens is 1. The van der Waals surface area contributed by atoms with Gasteiger partial charge in [0, 0.05) is 12.2 Å². The maximum absolute atomic E-state index is 13.2. The van der Waals surface area contributed by atoms with Gasteiger partial charge in [0.2, 0.25) is 0 Å². The van der Waals surface area contributed by atoms with E-state index in [4.69, 9.17) is 5.73 Å². The van der Waals surface area contributed by atoms with Crippen LogP contribution >= 0.6 is 0 Å². The third-order valence-corrected chi connectivity index (χ3v) is 3.11. The van der Waals surface area contributed by atoms with Gasteiger partial charge in [0.1, 0.15) is 12.0 Å². The molecular formula is C14H14FN3. The highest BCUT2D eigenvalue weighted by Crippen LogP contribution is 2.39. The summed E-state index contributed by atoms with van der Waals surface area (Å²) in [6.45, 7) is 0.450. The lowest BCUT2D eigenvalue weighted by atomic mass is 10.2. The van der Waals surface area contributed by atoms with Crippen molar-refractivity contribution in [2.75, 3.05) is 16.8 Å². The Labute approximate surface area is 105 Å². The van der Waals surface area contributed by atoms with E-state index in [-0.39, 0.29) is 12.0 Å². The first kappa shape index (κ1) is 11.0. The highest BCUT2D eigenvalue weighted by molar-refractivity contribution is 5.82. The SMILES string of the molecule is NCC1Nc2cc(F)ccc2N1c1ccccc1. The zero-order valence-electron chi connectivity index (χ0n) is 9.81. The summed E-state index contributed by atoms with van der Waals surface area (Å²) in [7, 11) is 0. The summed E-state index contributed by atoms with van der Waals surface area (Å²) < 4.78 is 13.2.